The molecule has 0 N–H and O–H groups in total. The minimum absolute atomic E-state index is 0.221. The maximum atomic E-state index is 11.7. The van der Waals surface area contributed by atoms with Crippen LogP contribution >= 0.6 is 11.8 Å². The van der Waals surface area contributed by atoms with Crippen LogP contribution in [0.5, 0.6) is 0 Å². The number of rotatable bonds is 4. The lowest BCUT2D eigenvalue weighted by molar-refractivity contribution is 0.0520. The van der Waals surface area contributed by atoms with Gasteiger partial charge in [0.15, 0.2) is 17.8 Å². The van der Waals surface area contributed by atoms with E-state index in [4.69, 9.17) is 9.15 Å². The molecule has 1 aromatic carbocycles. The Labute approximate surface area is 109 Å². The second-order valence-corrected chi connectivity index (χ2v) is 4.30. The van der Waals surface area contributed by atoms with E-state index in [1.807, 2.05) is 30.5 Å². The molecule has 0 aliphatic rings. The van der Waals surface area contributed by atoms with E-state index < -0.39 is 5.97 Å². The van der Waals surface area contributed by atoms with Crippen LogP contribution in [0, 0.1) is 0 Å². The van der Waals surface area contributed by atoms with Gasteiger partial charge in [0.25, 0.3) is 0 Å². The van der Waals surface area contributed by atoms with Crippen molar-refractivity contribution in [3.63, 3.8) is 0 Å². The van der Waals surface area contributed by atoms with Crippen molar-refractivity contribution in [1.29, 1.82) is 0 Å². The first kappa shape index (κ1) is 12.7. The number of carbonyl (C=O) groups is 1. The van der Waals surface area contributed by atoms with Gasteiger partial charge < -0.3 is 9.15 Å². The van der Waals surface area contributed by atoms with Gasteiger partial charge in [-0.15, -0.1) is 11.8 Å². The monoisotopic (exact) mass is 263 g/mol. The third-order valence-electron chi connectivity index (χ3n) is 2.39. The Kier molecular flexibility index (Phi) is 4.04. The van der Waals surface area contributed by atoms with Crippen LogP contribution in [0.4, 0.5) is 0 Å². The molecular formula is C13H13NO3S. The van der Waals surface area contributed by atoms with E-state index in [0.29, 0.717) is 12.4 Å². The second-order valence-electron chi connectivity index (χ2n) is 3.45. The molecule has 0 bridgehead atoms. The van der Waals surface area contributed by atoms with E-state index in [1.165, 1.54) is 6.39 Å². The number of esters is 1. The van der Waals surface area contributed by atoms with E-state index in [0.717, 1.165) is 10.5 Å². The van der Waals surface area contributed by atoms with E-state index in [-0.39, 0.29) is 5.69 Å². The van der Waals surface area contributed by atoms with Crippen LogP contribution in [-0.2, 0) is 4.74 Å². The fraction of sp³-hybridized carbons (Fsp3) is 0.231. The summed E-state index contributed by atoms with van der Waals surface area (Å²) in [6.45, 7) is 2.07. The van der Waals surface area contributed by atoms with Gasteiger partial charge in [-0.25, -0.2) is 9.78 Å². The molecule has 0 aliphatic heterocycles. The smallest absolute Gasteiger partial charge is 0.360 e. The van der Waals surface area contributed by atoms with Crippen molar-refractivity contribution in [2.75, 3.05) is 12.9 Å². The Morgan fingerprint density at radius 3 is 2.94 bits per heavy atom. The van der Waals surface area contributed by atoms with Crippen LogP contribution in [-0.4, -0.2) is 23.8 Å². The predicted molar refractivity (Wildman–Crippen MR) is 69.7 cm³/mol. The number of benzene rings is 1. The van der Waals surface area contributed by atoms with Gasteiger partial charge in [-0.05, 0) is 19.2 Å². The van der Waals surface area contributed by atoms with E-state index >= 15 is 0 Å². The summed E-state index contributed by atoms with van der Waals surface area (Å²) in [5.74, 6) is -0.00411. The van der Waals surface area contributed by atoms with Gasteiger partial charge in [0.1, 0.15) is 0 Å². The normalized spacial score (nSPS) is 10.3. The van der Waals surface area contributed by atoms with E-state index in [2.05, 4.69) is 4.98 Å². The summed E-state index contributed by atoms with van der Waals surface area (Å²) in [7, 11) is 0. The van der Waals surface area contributed by atoms with Crippen molar-refractivity contribution < 1.29 is 13.9 Å². The Morgan fingerprint density at radius 1 is 1.44 bits per heavy atom. The molecule has 1 aromatic heterocycles. The summed E-state index contributed by atoms with van der Waals surface area (Å²) in [6.07, 6.45) is 3.23. The molecular weight excluding hydrogens is 250 g/mol. The highest BCUT2D eigenvalue weighted by atomic mass is 32.2. The summed E-state index contributed by atoms with van der Waals surface area (Å²) in [5.41, 5.74) is 1.07. The largest absolute Gasteiger partial charge is 0.461 e. The zero-order chi connectivity index (χ0) is 13.0. The highest BCUT2D eigenvalue weighted by molar-refractivity contribution is 7.98. The van der Waals surface area contributed by atoms with Crippen LogP contribution in [0.2, 0.25) is 0 Å². The summed E-state index contributed by atoms with van der Waals surface area (Å²) >= 11 is 1.59. The van der Waals surface area contributed by atoms with Crippen molar-refractivity contribution in [3.05, 3.63) is 36.4 Å². The molecule has 0 fully saturated rings. The first-order valence-corrected chi connectivity index (χ1v) is 6.74. The van der Waals surface area contributed by atoms with Gasteiger partial charge >= 0.3 is 5.97 Å². The summed E-state index contributed by atoms with van der Waals surface area (Å²) in [4.78, 5) is 16.7. The molecule has 0 radical (unpaired) electrons. The number of nitrogens with zero attached hydrogens (tertiary/aromatic N) is 1. The van der Waals surface area contributed by atoms with Crippen LogP contribution in [0.15, 0.2) is 40.0 Å². The van der Waals surface area contributed by atoms with E-state index in [1.54, 1.807) is 18.7 Å². The number of carbonyl (C=O) groups excluding carboxylic acids is 1. The molecule has 18 heavy (non-hydrogen) atoms. The van der Waals surface area contributed by atoms with Crippen LogP contribution in [0.25, 0.3) is 11.3 Å². The molecule has 0 atom stereocenters. The standard InChI is InChI=1S/C13H13NO3S/c1-3-16-13(15)11-12(17-8-14-11)9-6-4-5-7-10(9)18-2/h4-8H,3H2,1-2H3. The molecule has 2 rings (SSSR count). The molecule has 0 saturated carbocycles. The van der Waals surface area contributed by atoms with Crippen molar-refractivity contribution in [2.45, 2.75) is 11.8 Å². The minimum atomic E-state index is -0.461. The number of aromatic nitrogens is 1. The second kappa shape index (κ2) is 5.73. The first-order valence-electron chi connectivity index (χ1n) is 5.52. The van der Waals surface area contributed by atoms with Crippen molar-refractivity contribution >= 4 is 17.7 Å². The maximum Gasteiger partial charge on any atom is 0.360 e. The topological polar surface area (TPSA) is 52.3 Å². The van der Waals surface area contributed by atoms with Crippen LogP contribution in [0.1, 0.15) is 17.4 Å². The Morgan fingerprint density at radius 2 is 2.22 bits per heavy atom. The van der Waals surface area contributed by atoms with Gasteiger partial charge in [-0.1, -0.05) is 18.2 Å². The quantitative estimate of drug-likeness (QED) is 0.626. The average molecular weight is 263 g/mol. The van der Waals surface area contributed by atoms with Gasteiger partial charge in [0.05, 0.1) is 6.61 Å². The van der Waals surface area contributed by atoms with Gasteiger partial charge in [-0.3, -0.25) is 0 Å². The highest BCUT2D eigenvalue weighted by Gasteiger charge is 2.20. The van der Waals surface area contributed by atoms with Crippen molar-refractivity contribution in [3.8, 4) is 11.3 Å². The maximum absolute atomic E-state index is 11.7. The summed E-state index contributed by atoms with van der Waals surface area (Å²) in [5, 5.41) is 0. The lowest BCUT2D eigenvalue weighted by Crippen LogP contribution is -2.06. The Hall–Kier alpha value is -1.75. The van der Waals surface area contributed by atoms with Gasteiger partial charge in [0.2, 0.25) is 0 Å². The number of ether oxygens (including phenoxy) is 1. The van der Waals surface area contributed by atoms with Crippen LogP contribution < -0.4 is 0 Å². The van der Waals surface area contributed by atoms with E-state index in [9.17, 15) is 4.79 Å². The first-order chi connectivity index (χ1) is 8.77. The molecule has 0 unspecified atom stereocenters. The fourth-order valence-corrected chi connectivity index (χ4v) is 2.21. The zero-order valence-corrected chi connectivity index (χ0v) is 11.0. The van der Waals surface area contributed by atoms with Crippen molar-refractivity contribution in [1.82, 2.24) is 4.98 Å². The predicted octanol–water partition coefficient (Wildman–Crippen LogP) is 3.24. The van der Waals surface area contributed by atoms with Crippen molar-refractivity contribution in [2.24, 2.45) is 0 Å². The lowest BCUT2D eigenvalue weighted by Gasteiger charge is -2.05. The lowest BCUT2D eigenvalue weighted by atomic mass is 10.1. The van der Waals surface area contributed by atoms with Gasteiger partial charge in [0, 0.05) is 10.5 Å². The molecule has 94 valence electrons. The molecule has 4 nitrogen and oxygen atoms in total. The fourth-order valence-electron chi connectivity index (χ4n) is 1.61. The molecule has 0 aliphatic carbocycles. The molecule has 0 saturated heterocycles. The third-order valence-corrected chi connectivity index (χ3v) is 3.18. The number of hydrogen-bond acceptors (Lipinski definition) is 5. The van der Waals surface area contributed by atoms with Gasteiger partial charge in [-0.2, -0.15) is 0 Å². The number of thioether (sulfide) groups is 1. The molecule has 0 amide bonds. The SMILES string of the molecule is CCOC(=O)c1ncoc1-c1ccccc1SC. The molecule has 5 heteroatoms. The van der Waals surface area contributed by atoms with Crippen LogP contribution in [0.3, 0.4) is 0 Å². The summed E-state index contributed by atoms with van der Waals surface area (Å²) < 4.78 is 10.3. The average Bonchev–Trinajstić information content (AvgIpc) is 2.88. The minimum Gasteiger partial charge on any atom is -0.461 e. The third kappa shape index (κ3) is 2.41. The molecule has 2 aromatic rings. The summed E-state index contributed by atoms with van der Waals surface area (Å²) in [6, 6.07) is 7.70. The number of hydrogen-bond donors (Lipinski definition) is 0. The molecule has 1 heterocycles. The Bertz CT molecular complexity index is 551. The molecule has 0 spiro atoms. The zero-order valence-electron chi connectivity index (χ0n) is 10.2. The number of oxazole rings is 1. The Balaban J connectivity index is 2.45. The highest BCUT2D eigenvalue weighted by Crippen LogP contribution is 2.32.